The molecule has 1 heterocycles. The SMILES string of the molecule is CCCCNC(=O)C(c1ccc(OC)cc1)C(NC(=O)c1ccc(CN2CC(=O)NS2(=O)=O)cc1)C(=O)O. The maximum atomic E-state index is 13.1. The summed E-state index contributed by atoms with van der Waals surface area (Å²) in [7, 11) is -2.42. The number of aliphatic carboxylic acids is 1. The number of carbonyl (C=O) groups is 4. The Balaban J connectivity index is 1.80. The lowest BCUT2D eigenvalue weighted by molar-refractivity contribution is -0.142. The fourth-order valence-corrected chi connectivity index (χ4v) is 5.00. The topological polar surface area (TPSA) is 171 Å². The van der Waals surface area contributed by atoms with Gasteiger partial charge in [-0.25, -0.2) is 9.52 Å². The minimum atomic E-state index is -3.90. The van der Waals surface area contributed by atoms with Gasteiger partial charge in [0.25, 0.3) is 5.91 Å². The molecular weight excluding hydrogens is 516 g/mol. The zero-order valence-corrected chi connectivity index (χ0v) is 21.8. The van der Waals surface area contributed by atoms with E-state index in [0.29, 0.717) is 29.8 Å². The van der Waals surface area contributed by atoms with Crippen molar-refractivity contribution in [3.63, 3.8) is 0 Å². The normalized spacial score (nSPS) is 16.2. The molecule has 0 aromatic heterocycles. The van der Waals surface area contributed by atoms with Crippen molar-refractivity contribution >= 4 is 33.9 Å². The van der Waals surface area contributed by atoms with Crippen molar-refractivity contribution in [3.05, 3.63) is 65.2 Å². The van der Waals surface area contributed by atoms with Gasteiger partial charge in [-0.2, -0.15) is 12.7 Å². The molecule has 13 heteroatoms. The van der Waals surface area contributed by atoms with Crippen LogP contribution in [0, 0.1) is 0 Å². The highest BCUT2D eigenvalue weighted by Crippen LogP contribution is 2.24. The number of carboxylic acids is 1. The van der Waals surface area contributed by atoms with Crippen LogP contribution >= 0.6 is 0 Å². The number of nitrogens with one attached hydrogen (secondary N) is 3. The standard InChI is InChI=1S/C25H30N4O8S/c1-3-4-13-26-24(32)21(17-9-11-19(37-2)12-10-17)22(25(33)34)27-23(31)18-7-5-16(6-8-18)14-29-15-20(30)28-38(29,35)36/h5-12,21-22H,3-4,13-15H2,1-2H3,(H,26,32)(H,27,31)(H,28,30)(H,33,34). The van der Waals surface area contributed by atoms with Crippen LogP contribution in [0.1, 0.15) is 47.2 Å². The van der Waals surface area contributed by atoms with Crippen LogP contribution in [0.2, 0.25) is 0 Å². The summed E-state index contributed by atoms with van der Waals surface area (Å²) in [6.07, 6.45) is 1.54. The Labute approximate surface area is 220 Å². The van der Waals surface area contributed by atoms with Crippen LogP contribution in [0.5, 0.6) is 5.75 Å². The lowest BCUT2D eigenvalue weighted by Crippen LogP contribution is -2.50. The van der Waals surface area contributed by atoms with Gasteiger partial charge in [-0.15, -0.1) is 0 Å². The molecule has 0 spiro atoms. The molecule has 12 nitrogen and oxygen atoms in total. The van der Waals surface area contributed by atoms with E-state index >= 15 is 0 Å². The largest absolute Gasteiger partial charge is 0.497 e. The molecular formula is C25H30N4O8S. The predicted octanol–water partition coefficient (Wildman–Crippen LogP) is 0.755. The van der Waals surface area contributed by atoms with Crippen molar-refractivity contribution < 1.29 is 37.4 Å². The van der Waals surface area contributed by atoms with E-state index in [2.05, 4.69) is 10.6 Å². The van der Waals surface area contributed by atoms with Crippen LogP contribution in [0.25, 0.3) is 0 Å². The first kappa shape index (κ1) is 28.6. The van der Waals surface area contributed by atoms with E-state index < -0.39 is 45.9 Å². The van der Waals surface area contributed by atoms with Crippen molar-refractivity contribution in [2.75, 3.05) is 20.2 Å². The molecule has 1 aliphatic rings. The smallest absolute Gasteiger partial charge is 0.327 e. The minimum Gasteiger partial charge on any atom is -0.497 e. The molecule has 0 bridgehead atoms. The first-order chi connectivity index (χ1) is 18.1. The van der Waals surface area contributed by atoms with E-state index in [-0.39, 0.29) is 18.7 Å². The van der Waals surface area contributed by atoms with Crippen LogP contribution in [0.15, 0.2) is 48.5 Å². The fraction of sp³-hybridized carbons (Fsp3) is 0.360. The zero-order valence-electron chi connectivity index (χ0n) is 21.0. The highest BCUT2D eigenvalue weighted by atomic mass is 32.2. The Morgan fingerprint density at radius 2 is 1.76 bits per heavy atom. The molecule has 0 radical (unpaired) electrons. The van der Waals surface area contributed by atoms with Gasteiger partial charge in [-0.1, -0.05) is 37.6 Å². The first-order valence-electron chi connectivity index (χ1n) is 11.9. The Hall–Kier alpha value is -3.97. The van der Waals surface area contributed by atoms with E-state index in [1.807, 2.05) is 11.6 Å². The highest BCUT2D eigenvalue weighted by Gasteiger charge is 2.37. The molecule has 1 aliphatic heterocycles. The van der Waals surface area contributed by atoms with E-state index in [1.165, 1.54) is 31.4 Å². The van der Waals surface area contributed by atoms with Crippen LogP contribution < -0.4 is 20.1 Å². The molecule has 1 fully saturated rings. The molecule has 2 unspecified atom stereocenters. The monoisotopic (exact) mass is 546 g/mol. The average molecular weight is 547 g/mol. The quantitative estimate of drug-likeness (QED) is 0.283. The van der Waals surface area contributed by atoms with Crippen LogP contribution in [0.4, 0.5) is 0 Å². The molecule has 2 atom stereocenters. The maximum Gasteiger partial charge on any atom is 0.327 e. The predicted molar refractivity (Wildman–Crippen MR) is 136 cm³/mol. The van der Waals surface area contributed by atoms with E-state index in [0.717, 1.165) is 10.7 Å². The van der Waals surface area contributed by atoms with Crippen LogP contribution in [0.3, 0.4) is 0 Å². The van der Waals surface area contributed by atoms with Crippen LogP contribution in [-0.2, 0) is 31.1 Å². The summed E-state index contributed by atoms with van der Waals surface area (Å²) in [5.41, 5.74) is 1.01. The number of carboxylic acid groups (broad SMARTS) is 1. The van der Waals surface area contributed by atoms with Crippen molar-refractivity contribution in [2.45, 2.75) is 38.3 Å². The number of ether oxygens (including phenoxy) is 1. The van der Waals surface area contributed by atoms with Gasteiger partial charge in [0.05, 0.1) is 19.6 Å². The fourth-order valence-electron chi connectivity index (χ4n) is 3.91. The molecule has 1 saturated heterocycles. The average Bonchev–Trinajstić information content (AvgIpc) is 3.14. The molecule has 0 saturated carbocycles. The number of benzene rings is 2. The number of methoxy groups -OCH3 is 1. The van der Waals surface area contributed by atoms with Gasteiger partial charge in [-0.3, -0.25) is 14.4 Å². The number of rotatable bonds is 12. The van der Waals surface area contributed by atoms with Crippen molar-refractivity contribution in [2.24, 2.45) is 0 Å². The van der Waals surface area contributed by atoms with Gasteiger partial charge >= 0.3 is 16.2 Å². The summed E-state index contributed by atoms with van der Waals surface area (Å²) in [6, 6.07) is 10.6. The number of nitrogens with zero attached hydrogens (tertiary/aromatic N) is 1. The van der Waals surface area contributed by atoms with Gasteiger partial charge in [-0.05, 0) is 41.8 Å². The summed E-state index contributed by atoms with van der Waals surface area (Å²) < 4.78 is 31.8. The van der Waals surface area contributed by atoms with Crippen molar-refractivity contribution in [3.8, 4) is 5.75 Å². The summed E-state index contributed by atoms with van der Waals surface area (Å²) in [5, 5.41) is 15.2. The Kier molecular flexibility index (Phi) is 9.42. The molecule has 2 aromatic carbocycles. The molecule has 38 heavy (non-hydrogen) atoms. The molecule has 204 valence electrons. The van der Waals surface area contributed by atoms with E-state index in [1.54, 1.807) is 24.3 Å². The first-order valence-corrected chi connectivity index (χ1v) is 13.3. The Bertz CT molecular complexity index is 1280. The third-order valence-electron chi connectivity index (χ3n) is 5.95. The lowest BCUT2D eigenvalue weighted by atomic mass is 9.89. The number of carbonyl (C=O) groups excluding carboxylic acids is 3. The van der Waals surface area contributed by atoms with E-state index in [9.17, 15) is 32.7 Å². The summed E-state index contributed by atoms with van der Waals surface area (Å²) in [6.45, 7) is 1.92. The minimum absolute atomic E-state index is 0.0851. The third kappa shape index (κ3) is 7.07. The van der Waals surface area contributed by atoms with E-state index in [4.69, 9.17) is 4.74 Å². The zero-order chi connectivity index (χ0) is 27.9. The molecule has 4 N–H and O–H groups in total. The highest BCUT2D eigenvalue weighted by molar-refractivity contribution is 7.88. The Morgan fingerprint density at radius 3 is 2.29 bits per heavy atom. The Morgan fingerprint density at radius 1 is 1.11 bits per heavy atom. The third-order valence-corrected chi connectivity index (χ3v) is 7.37. The number of unbranched alkanes of at least 4 members (excludes halogenated alkanes) is 1. The maximum absolute atomic E-state index is 13.1. The van der Waals surface area contributed by atoms with Crippen molar-refractivity contribution in [1.29, 1.82) is 0 Å². The second kappa shape index (κ2) is 12.5. The summed E-state index contributed by atoms with van der Waals surface area (Å²) in [4.78, 5) is 49.7. The number of amides is 3. The second-order valence-electron chi connectivity index (χ2n) is 8.68. The molecule has 3 rings (SSSR count). The van der Waals surface area contributed by atoms with Gasteiger partial charge in [0.15, 0.2) is 0 Å². The number of hydrogen-bond acceptors (Lipinski definition) is 7. The van der Waals surface area contributed by atoms with Gasteiger partial charge < -0.3 is 20.5 Å². The lowest BCUT2D eigenvalue weighted by Gasteiger charge is -2.25. The van der Waals surface area contributed by atoms with Gasteiger partial charge in [0.1, 0.15) is 11.8 Å². The van der Waals surface area contributed by atoms with Gasteiger partial charge in [0.2, 0.25) is 11.8 Å². The molecule has 3 amide bonds. The summed E-state index contributed by atoms with van der Waals surface area (Å²) in [5.74, 6) is -3.99. The van der Waals surface area contributed by atoms with Crippen LogP contribution in [-0.4, -0.2) is 67.8 Å². The second-order valence-corrected chi connectivity index (χ2v) is 10.4. The number of hydrogen-bond donors (Lipinski definition) is 4. The molecule has 0 aliphatic carbocycles. The molecule has 2 aromatic rings. The summed E-state index contributed by atoms with van der Waals surface area (Å²) >= 11 is 0. The van der Waals surface area contributed by atoms with Crippen molar-refractivity contribution in [1.82, 2.24) is 19.7 Å². The van der Waals surface area contributed by atoms with Gasteiger partial charge in [0, 0.05) is 18.7 Å².